The predicted octanol–water partition coefficient (Wildman–Crippen LogP) is 2.24. The Balaban J connectivity index is 2.30. The van der Waals surface area contributed by atoms with E-state index >= 15 is 0 Å². The number of carbonyl (C=O) groups excluding carboxylic acids is 1. The molecule has 6 heteroatoms. The van der Waals surface area contributed by atoms with Gasteiger partial charge in [0.15, 0.2) is 0 Å². The number of rotatable bonds is 5. The van der Waals surface area contributed by atoms with E-state index in [9.17, 15) is 4.79 Å². The Morgan fingerprint density at radius 2 is 2.25 bits per heavy atom. The molecule has 2 N–H and O–H groups in total. The molecule has 0 aliphatic carbocycles. The van der Waals surface area contributed by atoms with Gasteiger partial charge in [0.1, 0.15) is 11.4 Å². The van der Waals surface area contributed by atoms with Crippen molar-refractivity contribution in [3.8, 4) is 0 Å². The fourth-order valence-corrected chi connectivity index (χ4v) is 1.80. The molecular weight excluding hydrogens is 276 g/mol. The average Bonchev–Trinajstić information content (AvgIpc) is 2.46. The van der Waals surface area contributed by atoms with Crippen LogP contribution in [0.4, 0.5) is 0 Å². The number of hydrogen-bond acceptors (Lipinski definition) is 5. The molecule has 0 aliphatic rings. The SMILES string of the molecule is NC=C(C=NCCC=O)c1cnc2ccc(Cl)nc2c1. The van der Waals surface area contributed by atoms with Crippen LogP contribution in [-0.2, 0) is 4.79 Å². The fraction of sp³-hybridized carbons (Fsp3) is 0.143. The quantitative estimate of drug-likeness (QED) is 0.396. The van der Waals surface area contributed by atoms with E-state index in [1.165, 1.54) is 6.20 Å². The first-order valence-electron chi connectivity index (χ1n) is 6.02. The van der Waals surface area contributed by atoms with Crippen molar-refractivity contribution in [2.45, 2.75) is 6.42 Å². The van der Waals surface area contributed by atoms with Crippen LogP contribution in [0, 0.1) is 0 Å². The summed E-state index contributed by atoms with van der Waals surface area (Å²) in [4.78, 5) is 22.9. The van der Waals surface area contributed by atoms with E-state index in [-0.39, 0.29) is 0 Å². The molecule has 0 aliphatic heterocycles. The van der Waals surface area contributed by atoms with Crippen molar-refractivity contribution in [3.63, 3.8) is 0 Å². The lowest BCUT2D eigenvalue weighted by Gasteiger charge is -2.03. The van der Waals surface area contributed by atoms with Gasteiger partial charge < -0.3 is 10.5 Å². The van der Waals surface area contributed by atoms with E-state index in [1.807, 2.05) is 6.07 Å². The van der Waals surface area contributed by atoms with Crippen molar-refractivity contribution in [3.05, 3.63) is 41.3 Å². The van der Waals surface area contributed by atoms with Gasteiger partial charge in [0.2, 0.25) is 0 Å². The van der Waals surface area contributed by atoms with Gasteiger partial charge in [-0.05, 0) is 18.2 Å². The molecule has 0 spiro atoms. The van der Waals surface area contributed by atoms with Crippen molar-refractivity contribution in [1.29, 1.82) is 0 Å². The number of pyridine rings is 2. The summed E-state index contributed by atoms with van der Waals surface area (Å²) in [7, 11) is 0. The number of hydrogen-bond donors (Lipinski definition) is 1. The molecule has 2 rings (SSSR count). The highest BCUT2D eigenvalue weighted by atomic mass is 35.5. The van der Waals surface area contributed by atoms with Crippen LogP contribution < -0.4 is 5.73 Å². The van der Waals surface area contributed by atoms with E-state index in [4.69, 9.17) is 17.3 Å². The molecule has 5 nitrogen and oxygen atoms in total. The molecule has 2 aromatic rings. The molecule has 2 aromatic heterocycles. The number of fused-ring (bicyclic) bond motifs is 1. The lowest BCUT2D eigenvalue weighted by molar-refractivity contribution is -0.107. The molecule has 0 amide bonds. The zero-order valence-corrected chi connectivity index (χ0v) is 11.4. The highest BCUT2D eigenvalue weighted by Crippen LogP contribution is 2.18. The molecule has 0 fully saturated rings. The van der Waals surface area contributed by atoms with Gasteiger partial charge in [-0.25, -0.2) is 4.98 Å². The van der Waals surface area contributed by atoms with Crippen LogP contribution in [0.25, 0.3) is 16.6 Å². The van der Waals surface area contributed by atoms with Gasteiger partial charge in [-0.3, -0.25) is 9.98 Å². The van der Waals surface area contributed by atoms with Gasteiger partial charge in [-0.2, -0.15) is 0 Å². The molecule has 0 bridgehead atoms. The first kappa shape index (κ1) is 14.1. The maximum atomic E-state index is 10.2. The van der Waals surface area contributed by atoms with Crippen molar-refractivity contribution >= 4 is 40.7 Å². The van der Waals surface area contributed by atoms with E-state index in [0.29, 0.717) is 29.2 Å². The van der Waals surface area contributed by atoms with Crippen LogP contribution in [0.15, 0.2) is 35.6 Å². The van der Waals surface area contributed by atoms with Crippen molar-refractivity contribution < 1.29 is 4.79 Å². The third-order valence-corrected chi connectivity index (χ3v) is 2.83. The van der Waals surface area contributed by atoms with Crippen LogP contribution in [-0.4, -0.2) is 29.0 Å². The first-order chi connectivity index (χ1) is 9.74. The maximum Gasteiger partial charge on any atom is 0.129 e. The minimum absolute atomic E-state index is 0.390. The first-order valence-corrected chi connectivity index (χ1v) is 6.40. The molecule has 0 radical (unpaired) electrons. The monoisotopic (exact) mass is 288 g/mol. The van der Waals surface area contributed by atoms with Crippen LogP contribution in [0.1, 0.15) is 12.0 Å². The summed E-state index contributed by atoms with van der Waals surface area (Å²) in [6.45, 7) is 0.436. The van der Waals surface area contributed by atoms with Crippen LogP contribution in [0.2, 0.25) is 5.15 Å². The largest absolute Gasteiger partial charge is 0.404 e. The Hall–Kier alpha value is -2.27. The zero-order chi connectivity index (χ0) is 14.4. The Bertz CT molecular complexity index is 682. The Morgan fingerprint density at radius 3 is 3.00 bits per heavy atom. The Morgan fingerprint density at radius 1 is 1.40 bits per heavy atom. The van der Waals surface area contributed by atoms with Crippen molar-refractivity contribution in [1.82, 2.24) is 9.97 Å². The number of aliphatic imine (C=N–C) groups is 1. The van der Waals surface area contributed by atoms with Gasteiger partial charge in [-0.1, -0.05) is 11.6 Å². The van der Waals surface area contributed by atoms with Crippen LogP contribution >= 0.6 is 11.6 Å². The summed E-state index contributed by atoms with van der Waals surface area (Å²) in [5.41, 5.74) is 8.55. The van der Waals surface area contributed by atoms with E-state index in [1.54, 1.807) is 24.5 Å². The second-order valence-corrected chi connectivity index (χ2v) is 4.40. The summed E-state index contributed by atoms with van der Waals surface area (Å²) in [5.74, 6) is 0. The third-order valence-electron chi connectivity index (χ3n) is 2.62. The molecule has 20 heavy (non-hydrogen) atoms. The smallest absolute Gasteiger partial charge is 0.129 e. The normalized spacial score (nSPS) is 12.2. The molecule has 2 heterocycles. The molecular formula is C14H13ClN4O. The lowest BCUT2D eigenvalue weighted by Crippen LogP contribution is -1.95. The molecule has 0 saturated heterocycles. The highest BCUT2D eigenvalue weighted by Gasteiger charge is 2.03. The standard InChI is InChI=1S/C14H13ClN4O/c15-14-3-2-12-13(19-14)6-10(9-18-12)11(7-16)8-17-4-1-5-20/h2-3,5-9H,1,4,16H2. The summed E-state index contributed by atoms with van der Waals surface area (Å²) in [6.07, 6.45) is 5.98. The summed E-state index contributed by atoms with van der Waals surface area (Å²) in [5, 5.41) is 0.411. The summed E-state index contributed by atoms with van der Waals surface area (Å²) >= 11 is 5.87. The third kappa shape index (κ3) is 3.39. The number of nitrogens with two attached hydrogens (primary N) is 1. The number of halogens is 1. The molecule has 0 saturated carbocycles. The van der Waals surface area contributed by atoms with Gasteiger partial charge in [0, 0.05) is 42.7 Å². The molecule has 0 aromatic carbocycles. The number of carbonyl (C=O) groups is 1. The lowest BCUT2D eigenvalue weighted by atomic mass is 10.1. The van der Waals surface area contributed by atoms with Crippen LogP contribution in [0.5, 0.6) is 0 Å². The second-order valence-electron chi connectivity index (χ2n) is 4.01. The minimum Gasteiger partial charge on any atom is -0.404 e. The van der Waals surface area contributed by atoms with E-state index < -0.39 is 0 Å². The predicted molar refractivity (Wildman–Crippen MR) is 80.8 cm³/mol. The van der Waals surface area contributed by atoms with E-state index in [0.717, 1.165) is 17.4 Å². The van der Waals surface area contributed by atoms with Crippen LogP contribution in [0.3, 0.4) is 0 Å². The molecule has 102 valence electrons. The van der Waals surface area contributed by atoms with Gasteiger partial charge in [-0.15, -0.1) is 0 Å². The van der Waals surface area contributed by atoms with E-state index in [2.05, 4.69) is 15.0 Å². The average molecular weight is 289 g/mol. The number of aromatic nitrogens is 2. The van der Waals surface area contributed by atoms with Gasteiger partial charge in [0.25, 0.3) is 0 Å². The van der Waals surface area contributed by atoms with Gasteiger partial charge in [0.05, 0.1) is 11.0 Å². The number of allylic oxidation sites excluding steroid dienone is 1. The zero-order valence-electron chi connectivity index (χ0n) is 10.7. The number of nitrogens with zero attached hydrogens (tertiary/aromatic N) is 3. The Kier molecular flexibility index (Phi) is 4.79. The number of aldehydes is 1. The molecule has 0 unspecified atom stereocenters. The summed E-state index contributed by atoms with van der Waals surface area (Å²) in [6, 6.07) is 5.34. The topological polar surface area (TPSA) is 81.2 Å². The molecule has 0 atom stereocenters. The second kappa shape index (κ2) is 6.77. The Labute approximate surface area is 121 Å². The van der Waals surface area contributed by atoms with Gasteiger partial charge >= 0.3 is 0 Å². The van der Waals surface area contributed by atoms with Crippen molar-refractivity contribution in [2.24, 2.45) is 10.7 Å². The summed E-state index contributed by atoms with van der Waals surface area (Å²) < 4.78 is 0. The maximum absolute atomic E-state index is 10.2. The minimum atomic E-state index is 0.390. The highest BCUT2D eigenvalue weighted by molar-refractivity contribution is 6.29. The fourth-order valence-electron chi connectivity index (χ4n) is 1.64. The van der Waals surface area contributed by atoms with Crippen molar-refractivity contribution in [2.75, 3.05) is 6.54 Å².